The van der Waals surface area contributed by atoms with Crippen LogP contribution in [0.1, 0.15) is 120 Å². The van der Waals surface area contributed by atoms with Gasteiger partial charge in [0.05, 0.1) is 5.60 Å². The van der Waals surface area contributed by atoms with Crippen LogP contribution in [0.5, 0.6) is 0 Å². The number of hydrogen-bond donors (Lipinski definition) is 1. The van der Waals surface area contributed by atoms with Crippen LogP contribution in [-0.2, 0) is 9.53 Å². The van der Waals surface area contributed by atoms with Crippen molar-refractivity contribution in [3.05, 3.63) is 12.2 Å². The van der Waals surface area contributed by atoms with Gasteiger partial charge in [0.15, 0.2) is 0 Å². The molecule has 5 saturated carbocycles. The van der Waals surface area contributed by atoms with E-state index in [1.807, 2.05) is 19.9 Å². The summed E-state index contributed by atoms with van der Waals surface area (Å²) in [5, 5.41) is 10.1. The fraction of sp³-hybridized carbons (Fsp3) is 0.906. The van der Waals surface area contributed by atoms with Crippen LogP contribution in [0.15, 0.2) is 12.2 Å². The Hall–Kier alpha value is -0.830. The van der Waals surface area contributed by atoms with Crippen LogP contribution >= 0.6 is 0 Å². The molecule has 0 aliphatic heterocycles. The van der Waals surface area contributed by atoms with Crippen LogP contribution in [0, 0.1) is 50.7 Å². The third kappa shape index (κ3) is 3.48. The molecule has 0 unspecified atom stereocenters. The Bertz CT molecular complexity index is 897. The second-order valence-corrected chi connectivity index (χ2v) is 15.4. The minimum Gasteiger partial charge on any atom is -0.462 e. The molecule has 0 bridgehead atoms. The Morgan fingerprint density at radius 1 is 0.971 bits per heavy atom. The van der Waals surface area contributed by atoms with Gasteiger partial charge >= 0.3 is 5.97 Å². The molecule has 2 spiro atoms. The van der Waals surface area contributed by atoms with E-state index in [-0.39, 0.29) is 17.5 Å². The maximum atomic E-state index is 11.8. The van der Waals surface area contributed by atoms with E-state index in [4.69, 9.17) is 4.74 Å². The average Bonchev–Trinajstić information content (AvgIpc) is 3.31. The molecule has 1 N–H and O–H groups in total. The van der Waals surface area contributed by atoms with Gasteiger partial charge in [-0.15, -0.1) is 0 Å². The number of ether oxygens (including phenoxy) is 1. The van der Waals surface area contributed by atoms with Gasteiger partial charge in [-0.25, -0.2) is 0 Å². The van der Waals surface area contributed by atoms with Crippen LogP contribution in [0.3, 0.4) is 0 Å². The van der Waals surface area contributed by atoms with Gasteiger partial charge in [0.25, 0.3) is 0 Å². The van der Waals surface area contributed by atoms with Gasteiger partial charge in [-0.2, -0.15) is 0 Å². The lowest BCUT2D eigenvalue weighted by Gasteiger charge is -2.63. The second kappa shape index (κ2) is 7.84. The van der Waals surface area contributed by atoms with Gasteiger partial charge in [-0.3, -0.25) is 4.79 Å². The summed E-state index contributed by atoms with van der Waals surface area (Å²) >= 11 is 0. The standard InChI is InChI=1S/C32H52O3/c1-21(10-9-15-27(3,4)34)23-13-16-30(8)25-12-11-24-28(5,6)26(35-22(2)33)14-17-31(24)20-32(25,31)19-18-29(23,30)7/h9,15,21,23-26,34H,10-14,16-20H2,1-8H3/b15-9+/t21-,23-,24-,25-,26-,29-,30+,31-,32+/m1/s1. The molecule has 5 aliphatic carbocycles. The zero-order valence-corrected chi connectivity index (χ0v) is 23.9. The number of esters is 1. The van der Waals surface area contributed by atoms with Gasteiger partial charge in [0.1, 0.15) is 6.10 Å². The van der Waals surface area contributed by atoms with Crippen LogP contribution in [0.4, 0.5) is 0 Å². The number of rotatable bonds is 5. The van der Waals surface area contributed by atoms with Crippen molar-refractivity contribution in [1.29, 1.82) is 0 Å². The summed E-state index contributed by atoms with van der Waals surface area (Å²) in [5.74, 6) is 2.88. The molecule has 0 aromatic heterocycles. The Morgan fingerprint density at radius 2 is 1.63 bits per heavy atom. The highest BCUT2D eigenvalue weighted by Gasteiger charge is 2.82. The highest BCUT2D eigenvalue weighted by Crippen LogP contribution is 2.89. The number of aliphatic hydroxyl groups is 1. The summed E-state index contributed by atoms with van der Waals surface area (Å²) < 4.78 is 5.89. The third-order valence-corrected chi connectivity index (χ3v) is 13.1. The first-order chi connectivity index (χ1) is 16.1. The Labute approximate surface area is 214 Å². The molecule has 5 rings (SSSR count). The van der Waals surface area contributed by atoms with E-state index in [0.717, 1.165) is 24.7 Å². The molecule has 9 atom stereocenters. The third-order valence-electron chi connectivity index (χ3n) is 13.1. The number of allylic oxidation sites excluding steroid dienone is 1. The highest BCUT2D eigenvalue weighted by atomic mass is 16.5. The lowest BCUT2D eigenvalue weighted by atomic mass is 9.41. The first-order valence-electron chi connectivity index (χ1n) is 14.7. The van der Waals surface area contributed by atoms with Gasteiger partial charge in [-0.05, 0) is 123 Å². The fourth-order valence-electron chi connectivity index (χ4n) is 11.4. The van der Waals surface area contributed by atoms with Crippen molar-refractivity contribution >= 4 is 5.97 Å². The van der Waals surface area contributed by atoms with Crippen LogP contribution in [-0.4, -0.2) is 22.8 Å². The first-order valence-corrected chi connectivity index (χ1v) is 14.7. The van der Waals surface area contributed by atoms with E-state index < -0.39 is 5.60 Å². The van der Waals surface area contributed by atoms with Crippen LogP contribution < -0.4 is 0 Å². The van der Waals surface area contributed by atoms with E-state index in [1.54, 1.807) is 6.92 Å². The van der Waals surface area contributed by atoms with Crippen molar-refractivity contribution in [2.24, 2.45) is 50.7 Å². The Balaban J connectivity index is 1.38. The molecule has 35 heavy (non-hydrogen) atoms. The molecule has 0 amide bonds. The average molecular weight is 485 g/mol. The summed E-state index contributed by atoms with van der Waals surface area (Å²) in [5.41, 5.74) is 1.27. The summed E-state index contributed by atoms with van der Waals surface area (Å²) in [6.07, 6.45) is 17.4. The zero-order valence-electron chi connectivity index (χ0n) is 23.9. The monoisotopic (exact) mass is 484 g/mol. The van der Waals surface area contributed by atoms with Crippen LogP contribution in [0.25, 0.3) is 0 Å². The van der Waals surface area contributed by atoms with Gasteiger partial charge in [0, 0.05) is 12.3 Å². The molecular formula is C32H52O3. The quantitative estimate of drug-likeness (QED) is 0.321. The largest absolute Gasteiger partial charge is 0.462 e. The van der Waals surface area contributed by atoms with E-state index in [1.165, 1.54) is 51.4 Å². The zero-order chi connectivity index (χ0) is 25.7. The molecule has 3 nitrogen and oxygen atoms in total. The number of hydrogen-bond acceptors (Lipinski definition) is 3. The fourth-order valence-corrected chi connectivity index (χ4v) is 11.4. The number of fused-ring (bicyclic) bond motifs is 2. The maximum absolute atomic E-state index is 11.8. The predicted molar refractivity (Wildman–Crippen MR) is 142 cm³/mol. The molecule has 0 heterocycles. The van der Waals surface area contributed by atoms with Crippen molar-refractivity contribution in [3.8, 4) is 0 Å². The normalized spacial score (nSPS) is 48.9. The topological polar surface area (TPSA) is 46.5 Å². The summed E-state index contributed by atoms with van der Waals surface area (Å²) in [7, 11) is 0. The predicted octanol–water partition coefficient (Wildman–Crippen LogP) is 7.71. The SMILES string of the molecule is CC(=O)O[C@@H]1CC[C@]23C[C@]24CC[C@]2(C)[C@@H]([C@H](C)C/C=C/C(C)(C)O)CC[C@@]2(C)[C@H]4CC[C@@H]3C1(C)C. The highest BCUT2D eigenvalue weighted by molar-refractivity contribution is 5.66. The van der Waals surface area contributed by atoms with Crippen molar-refractivity contribution < 1.29 is 14.6 Å². The second-order valence-electron chi connectivity index (χ2n) is 15.4. The number of carbonyl (C=O) groups is 1. The molecule has 0 radical (unpaired) electrons. The van der Waals surface area contributed by atoms with Gasteiger partial charge < -0.3 is 9.84 Å². The van der Waals surface area contributed by atoms with Crippen molar-refractivity contribution in [1.82, 2.24) is 0 Å². The molecule has 5 aliphatic rings. The Morgan fingerprint density at radius 3 is 2.29 bits per heavy atom. The maximum Gasteiger partial charge on any atom is 0.302 e. The molecule has 198 valence electrons. The molecular weight excluding hydrogens is 432 g/mol. The summed E-state index contributed by atoms with van der Waals surface area (Å²) in [4.78, 5) is 11.8. The lowest BCUT2D eigenvalue weighted by Crippen LogP contribution is -2.58. The minimum absolute atomic E-state index is 0.0829. The van der Waals surface area contributed by atoms with Crippen molar-refractivity contribution in [2.45, 2.75) is 131 Å². The van der Waals surface area contributed by atoms with Crippen molar-refractivity contribution in [3.63, 3.8) is 0 Å². The van der Waals surface area contributed by atoms with Crippen molar-refractivity contribution in [2.75, 3.05) is 0 Å². The van der Waals surface area contributed by atoms with E-state index in [2.05, 4.69) is 40.7 Å². The molecule has 3 heteroatoms. The molecule has 0 saturated heterocycles. The first kappa shape index (κ1) is 25.8. The summed E-state index contributed by atoms with van der Waals surface area (Å²) in [6, 6.07) is 0. The lowest BCUT2D eigenvalue weighted by molar-refractivity contribution is -0.181. The Kier molecular flexibility index (Phi) is 5.78. The van der Waals surface area contributed by atoms with Gasteiger partial charge in [0.2, 0.25) is 0 Å². The number of carbonyl (C=O) groups excluding carboxylic acids is 1. The van der Waals surface area contributed by atoms with E-state index >= 15 is 0 Å². The molecule has 0 aromatic carbocycles. The smallest absolute Gasteiger partial charge is 0.302 e. The van der Waals surface area contributed by atoms with Gasteiger partial charge in [-0.1, -0.05) is 46.8 Å². The molecule has 5 fully saturated rings. The summed E-state index contributed by atoms with van der Waals surface area (Å²) in [6.45, 7) is 17.9. The molecule has 0 aromatic rings. The van der Waals surface area contributed by atoms with E-state index in [0.29, 0.717) is 33.5 Å². The van der Waals surface area contributed by atoms with Crippen LogP contribution in [0.2, 0.25) is 0 Å². The van der Waals surface area contributed by atoms with E-state index in [9.17, 15) is 9.90 Å². The minimum atomic E-state index is -0.716.